The Labute approximate surface area is 107 Å². The van der Waals surface area contributed by atoms with Gasteiger partial charge in [0.1, 0.15) is 5.82 Å². The highest BCUT2D eigenvalue weighted by atomic mass is 19.1. The third-order valence-electron chi connectivity index (χ3n) is 3.02. The van der Waals surface area contributed by atoms with Crippen LogP contribution in [0.25, 0.3) is 0 Å². The number of aliphatic hydroxyl groups is 1. The van der Waals surface area contributed by atoms with E-state index in [0.29, 0.717) is 19.5 Å². The van der Waals surface area contributed by atoms with Gasteiger partial charge in [0.25, 0.3) is 0 Å². The highest BCUT2D eigenvalue weighted by Crippen LogP contribution is 2.20. The van der Waals surface area contributed by atoms with E-state index in [-0.39, 0.29) is 24.2 Å². The van der Waals surface area contributed by atoms with E-state index in [2.05, 4.69) is 0 Å². The maximum atomic E-state index is 12.8. The highest BCUT2D eigenvalue weighted by Gasteiger charge is 2.16. The number of hydrogen-bond acceptors (Lipinski definition) is 2. The van der Waals surface area contributed by atoms with Gasteiger partial charge < -0.3 is 10.0 Å². The first kappa shape index (κ1) is 14.6. The van der Waals surface area contributed by atoms with Crippen molar-refractivity contribution in [3.63, 3.8) is 0 Å². The molecule has 1 aromatic carbocycles. The minimum atomic E-state index is -0.271. The van der Waals surface area contributed by atoms with Crippen molar-refractivity contribution in [1.82, 2.24) is 4.90 Å². The van der Waals surface area contributed by atoms with E-state index >= 15 is 0 Å². The molecule has 0 aliphatic carbocycles. The summed E-state index contributed by atoms with van der Waals surface area (Å²) in [4.78, 5) is 13.6. The van der Waals surface area contributed by atoms with Gasteiger partial charge in [0.15, 0.2) is 0 Å². The first-order valence-electron chi connectivity index (χ1n) is 6.22. The van der Waals surface area contributed by atoms with E-state index in [1.807, 2.05) is 13.8 Å². The van der Waals surface area contributed by atoms with Gasteiger partial charge in [0.05, 0.1) is 6.61 Å². The second-order valence-electron chi connectivity index (χ2n) is 4.35. The summed E-state index contributed by atoms with van der Waals surface area (Å²) in [7, 11) is 0. The number of aliphatic hydroxyl groups excluding tert-OH is 1. The van der Waals surface area contributed by atoms with Crippen LogP contribution in [0.1, 0.15) is 31.7 Å². The van der Waals surface area contributed by atoms with Crippen LogP contribution in [0, 0.1) is 5.82 Å². The summed E-state index contributed by atoms with van der Waals surface area (Å²) in [5.74, 6) is -0.207. The number of halogens is 1. The topological polar surface area (TPSA) is 40.5 Å². The molecule has 0 bridgehead atoms. The quantitative estimate of drug-likeness (QED) is 0.844. The Bertz CT molecular complexity index is 378. The van der Waals surface area contributed by atoms with Crippen molar-refractivity contribution >= 4 is 5.91 Å². The largest absolute Gasteiger partial charge is 0.395 e. The lowest BCUT2D eigenvalue weighted by molar-refractivity contribution is -0.131. The lowest BCUT2D eigenvalue weighted by Gasteiger charge is -2.21. The summed E-state index contributed by atoms with van der Waals surface area (Å²) in [5.41, 5.74) is 0.949. The fraction of sp³-hybridized carbons (Fsp3) is 0.500. The number of carbonyl (C=O) groups excluding carboxylic acids is 1. The molecular formula is C14H20FNO2. The molecule has 0 saturated heterocycles. The molecule has 0 aromatic heterocycles. The number of carbonyl (C=O) groups is 1. The SMILES string of the molecule is CCN(CCO)C(=O)CC(C)c1ccc(F)cc1. The molecule has 1 N–H and O–H groups in total. The van der Waals surface area contributed by atoms with Crippen LogP contribution in [0.15, 0.2) is 24.3 Å². The summed E-state index contributed by atoms with van der Waals surface area (Å²) in [6.45, 7) is 4.76. The summed E-state index contributed by atoms with van der Waals surface area (Å²) in [5, 5.41) is 8.86. The van der Waals surface area contributed by atoms with Crippen molar-refractivity contribution in [1.29, 1.82) is 0 Å². The van der Waals surface area contributed by atoms with Crippen molar-refractivity contribution in [3.05, 3.63) is 35.6 Å². The maximum absolute atomic E-state index is 12.8. The highest BCUT2D eigenvalue weighted by molar-refractivity contribution is 5.77. The molecule has 0 fully saturated rings. The molecule has 1 atom stereocenters. The van der Waals surface area contributed by atoms with Crippen LogP contribution >= 0.6 is 0 Å². The molecule has 1 rings (SSSR count). The van der Waals surface area contributed by atoms with Crippen molar-refractivity contribution in [2.75, 3.05) is 19.7 Å². The van der Waals surface area contributed by atoms with Gasteiger partial charge >= 0.3 is 0 Å². The lowest BCUT2D eigenvalue weighted by Crippen LogP contribution is -2.33. The minimum Gasteiger partial charge on any atom is -0.395 e. The molecule has 0 aliphatic heterocycles. The van der Waals surface area contributed by atoms with E-state index in [9.17, 15) is 9.18 Å². The molecule has 1 aromatic rings. The summed E-state index contributed by atoms with van der Waals surface area (Å²) < 4.78 is 12.8. The van der Waals surface area contributed by atoms with Gasteiger partial charge in [0, 0.05) is 19.5 Å². The van der Waals surface area contributed by atoms with Crippen molar-refractivity contribution < 1.29 is 14.3 Å². The Balaban J connectivity index is 2.60. The fourth-order valence-electron chi connectivity index (χ4n) is 1.88. The number of benzene rings is 1. The Kier molecular flexibility index (Phi) is 5.78. The number of likely N-dealkylation sites (N-methyl/N-ethyl adjacent to an activating group) is 1. The van der Waals surface area contributed by atoms with Crippen LogP contribution in [-0.2, 0) is 4.79 Å². The number of hydrogen-bond donors (Lipinski definition) is 1. The monoisotopic (exact) mass is 253 g/mol. The molecule has 3 nitrogen and oxygen atoms in total. The zero-order chi connectivity index (χ0) is 13.5. The molecule has 0 spiro atoms. The Morgan fingerprint density at radius 1 is 1.39 bits per heavy atom. The maximum Gasteiger partial charge on any atom is 0.223 e. The van der Waals surface area contributed by atoms with Gasteiger partial charge in [-0.3, -0.25) is 4.79 Å². The predicted octanol–water partition coefficient (Wildman–Crippen LogP) is 2.16. The van der Waals surface area contributed by atoms with Gasteiger partial charge in [0.2, 0.25) is 5.91 Å². The average Bonchev–Trinajstić information content (AvgIpc) is 2.36. The molecule has 0 aliphatic rings. The molecule has 18 heavy (non-hydrogen) atoms. The number of nitrogens with zero attached hydrogens (tertiary/aromatic N) is 1. The van der Waals surface area contributed by atoms with E-state index in [4.69, 9.17) is 5.11 Å². The second kappa shape index (κ2) is 7.11. The van der Waals surface area contributed by atoms with Crippen LogP contribution in [0.4, 0.5) is 4.39 Å². The van der Waals surface area contributed by atoms with E-state index in [1.165, 1.54) is 12.1 Å². The molecular weight excluding hydrogens is 233 g/mol. The summed E-state index contributed by atoms with van der Waals surface area (Å²) in [6.07, 6.45) is 0.374. The average molecular weight is 253 g/mol. The predicted molar refractivity (Wildman–Crippen MR) is 68.8 cm³/mol. The summed E-state index contributed by atoms with van der Waals surface area (Å²) >= 11 is 0. The van der Waals surface area contributed by atoms with Gasteiger partial charge in [-0.05, 0) is 30.5 Å². The number of rotatable bonds is 6. The van der Waals surface area contributed by atoms with Gasteiger partial charge in [-0.1, -0.05) is 19.1 Å². The van der Waals surface area contributed by atoms with Gasteiger partial charge in [-0.15, -0.1) is 0 Å². The molecule has 100 valence electrons. The smallest absolute Gasteiger partial charge is 0.223 e. The third-order valence-corrected chi connectivity index (χ3v) is 3.02. The minimum absolute atomic E-state index is 0.0170. The molecule has 4 heteroatoms. The fourth-order valence-corrected chi connectivity index (χ4v) is 1.88. The Hall–Kier alpha value is -1.42. The van der Waals surface area contributed by atoms with Crippen LogP contribution in [-0.4, -0.2) is 35.6 Å². The van der Waals surface area contributed by atoms with Crippen molar-refractivity contribution in [2.24, 2.45) is 0 Å². The first-order valence-corrected chi connectivity index (χ1v) is 6.22. The van der Waals surface area contributed by atoms with E-state index < -0.39 is 0 Å². The van der Waals surface area contributed by atoms with Crippen LogP contribution in [0.3, 0.4) is 0 Å². The molecule has 0 saturated carbocycles. The first-order chi connectivity index (χ1) is 8.58. The van der Waals surface area contributed by atoms with Crippen LogP contribution in [0.5, 0.6) is 0 Å². The second-order valence-corrected chi connectivity index (χ2v) is 4.35. The van der Waals surface area contributed by atoms with E-state index in [0.717, 1.165) is 5.56 Å². The number of amides is 1. The lowest BCUT2D eigenvalue weighted by atomic mass is 9.97. The zero-order valence-electron chi connectivity index (χ0n) is 10.9. The van der Waals surface area contributed by atoms with Gasteiger partial charge in [-0.2, -0.15) is 0 Å². The summed E-state index contributed by atoms with van der Waals surface area (Å²) in [6, 6.07) is 6.22. The molecule has 0 heterocycles. The van der Waals surface area contributed by atoms with Crippen LogP contribution in [0.2, 0.25) is 0 Å². The van der Waals surface area contributed by atoms with Crippen molar-refractivity contribution in [2.45, 2.75) is 26.2 Å². The van der Waals surface area contributed by atoms with Crippen molar-refractivity contribution in [3.8, 4) is 0 Å². The zero-order valence-corrected chi connectivity index (χ0v) is 10.9. The Morgan fingerprint density at radius 2 is 2.00 bits per heavy atom. The Morgan fingerprint density at radius 3 is 2.50 bits per heavy atom. The molecule has 0 radical (unpaired) electrons. The van der Waals surface area contributed by atoms with Crippen LogP contribution < -0.4 is 0 Å². The standard InChI is InChI=1S/C14H20FNO2/c1-3-16(8-9-17)14(18)10-11(2)12-4-6-13(15)7-5-12/h4-7,11,17H,3,8-10H2,1-2H3. The normalized spacial score (nSPS) is 12.2. The molecule has 1 amide bonds. The third kappa shape index (κ3) is 4.11. The molecule has 1 unspecified atom stereocenters. The van der Waals surface area contributed by atoms with E-state index in [1.54, 1.807) is 17.0 Å². The van der Waals surface area contributed by atoms with Gasteiger partial charge in [-0.25, -0.2) is 4.39 Å².